The number of carbonyl (C=O) groups excluding carboxylic acids is 1. The van der Waals surface area contributed by atoms with Gasteiger partial charge in [-0.15, -0.1) is 0 Å². The molecule has 9 nitrogen and oxygen atoms in total. The lowest BCUT2D eigenvalue weighted by molar-refractivity contribution is -0.384. The number of ether oxygens (including phenoxy) is 1. The first-order valence-corrected chi connectivity index (χ1v) is 9.25. The van der Waals surface area contributed by atoms with Crippen molar-refractivity contribution in [3.8, 4) is 11.4 Å². The molecule has 0 radical (unpaired) electrons. The smallest absolute Gasteiger partial charge is 0.324 e. The number of aromatic nitrogens is 2. The Hall–Kier alpha value is -3.88. The van der Waals surface area contributed by atoms with E-state index >= 15 is 0 Å². The fraction of sp³-hybridized carbons (Fsp3) is 0.238. The summed E-state index contributed by atoms with van der Waals surface area (Å²) in [5, 5.41) is 20.9. The zero-order valence-electron chi connectivity index (χ0n) is 17.2. The lowest BCUT2D eigenvalue weighted by Gasteiger charge is -2.14. The summed E-state index contributed by atoms with van der Waals surface area (Å²) in [6.07, 6.45) is 0. The molecule has 156 valence electrons. The van der Waals surface area contributed by atoms with Crippen LogP contribution < -0.4 is 15.4 Å². The maximum absolute atomic E-state index is 12.5. The predicted molar refractivity (Wildman–Crippen MR) is 115 cm³/mol. The van der Waals surface area contributed by atoms with Crippen LogP contribution in [0.5, 0.6) is 5.75 Å². The molecule has 2 aromatic carbocycles. The second-order valence-electron chi connectivity index (χ2n) is 7.66. The zero-order chi connectivity index (χ0) is 21.9. The van der Waals surface area contributed by atoms with Crippen molar-refractivity contribution in [2.75, 3.05) is 17.7 Å². The number of methoxy groups -OCH3 is 1. The fourth-order valence-corrected chi connectivity index (χ4v) is 2.72. The second-order valence-corrected chi connectivity index (χ2v) is 7.66. The van der Waals surface area contributed by atoms with Gasteiger partial charge < -0.3 is 10.1 Å². The van der Waals surface area contributed by atoms with E-state index in [1.807, 2.05) is 51.1 Å². The molecule has 0 unspecified atom stereocenters. The number of nitro groups is 1. The van der Waals surface area contributed by atoms with Crippen molar-refractivity contribution in [2.45, 2.75) is 26.2 Å². The van der Waals surface area contributed by atoms with E-state index < -0.39 is 11.0 Å². The van der Waals surface area contributed by atoms with Crippen LogP contribution in [0.2, 0.25) is 0 Å². The SMILES string of the molecule is COc1cccc(-n2nc(C(C)(C)C)cc2NC(=O)Nc2ccc([N+](=O)[O-])cc2)c1. The van der Waals surface area contributed by atoms with E-state index in [0.717, 1.165) is 11.4 Å². The summed E-state index contributed by atoms with van der Waals surface area (Å²) < 4.78 is 6.93. The van der Waals surface area contributed by atoms with Crippen LogP contribution in [0.25, 0.3) is 5.69 Å². The van der Waals surface area contributed by atoms with E-state index in [-0.39, 0.29) is 11.1 Å². The van der Waals surface area contributed by atoms with Gasteiger partial charge in [-0.05, 0) is 24.3 Å². The molecule has 0 spiro atoms. The number of nitrogens with one attached hydrogen (secondary N) is 2. The quantitative estimate of drug-likeness (QED) is 0.467. The molecule has 0 aliphatic rings. The Morgan fingerprint density at radius 3 is 2.40 bits per heavy atom. The van der Waals surface area contributed by atoms with Gasteiger partial charge in [0, 0.05) is 35.4 Å². The molecular formula is C21H23N5O4. The van der Waals surface area contributed by atoms with Crippen molar-refractivity contribution in [3.63, 3.8) is 0 Å². The standard InChI is InChI=1S/C21H23N5O4/c1-21(2,3)18-13-19(25(24-18)16-6-5-7-17(12-16)30-4)23-20(27)22-14-8-10-15(11-9-14)26(28)29/h5-13H,1-4H3,(H2,22,23,27). The first-order valence-electron chi connectivity index (χ1n) is 9.25. The minimum atomic E-state index is -0.495. The monoisotopic (exact) mass is 409 g/mol. The summed E-state index contributed by atoms with van der Waals surface area (Å²) in [5.74, 6) is 1.15. The molecule has 1 heterocycles. The minimum absolute atomic E-state index is 0.0492. The lowest BCUT2D eigenvalue weighted by atomic mass is 9.92. The van der Waals surface area contributed by atoms with Gasteiger partial charge in [-0.1, -0.05) is 26.8 Å². The summed E-state index contributed by atoms with van der Waals surface area (Å²) in [5.41, 5.74) is 1.69. The van der Waals surface area contributed by atoms with Gasteiger partial charge in [-0.3, -0.25) is 15.4 Å². The van der Waals surface area contributed by atoms with Gasteiger partial charge in [0.15, 0.2) is 0 Å². The van der Waals surface area contributed by atoms with E-state index in [1.165, 1.54) is 24.3 Å². The third-order valence-electron chi connectivity index (χ3n) is 4.35. The van der Waals surface area contributed by atoms with Crippen LogP contribution in [0.15, 0.2) is 54.6 Å². The molecule has 0 fully saturated rings. The van der Waals surface area contributed by atoms with Gasteiger partial charge in [-0.25, -0.2) is 9.48 Å². The summed E-state index contributed by atoms with van der Waals surface area (Å²) >= 11 is 0. The third kappa shape index (κ3) is 4.75. The highest BCUT2D eigenvalue weighted by molar-refractivity contribution is 5.99. The number of hydrogen-bond donors (Lipinski definition) is 2. The first kappa shape index (κ1) is 20.8. The largest absolute Gasteiger partial charge is 0.497 e. The van der Waals surface area contributed by atoms with Crippen molar-refractivity contribution < 1.29 is 14.5 Å². The molecule has 0 atom stereocenters. The van der Waals surface area contributed by atoms with E-state index in [1.54, 1.807) is 11.8 Å². The molecule has 0 aliphatic carbocycles. The number of anilines is 2. The first-order chi connectivity index (χ1) is 14.2. The fourth-order valence-electron chi connectivity index (χ4n) is 2.72. The zero-order valence-corrected chi connectivity index (χ0v) is 17.2. The van der Waals surface area contributed by atoms with Gasteiger partial charge in [0.2, 0.25) is 0 Å². The molecule has 2 amide bonds. The minimum Gasteiger partial charge on any atom is -0.497 e. The Morgan fingerprint density at radius 2 is 1.80 bits per heavy atom. The van der Waals surface area contributed by atoms with E-state index in [4.69, 9.17) is 4.74 Å². The van der Waals surface area contributed by atoms with Crippen molar-refractivity contribution in [1.29, 1.82) is 0 Å². The van der Waals surface area contributed by atoms with Crippen LogP contribution in [0.3, 0.4) is 0 Å². The van der Waals surface area contributed by atoms with E-state index in [2.05, 4.69) is 15.7 Å². The Kier molecular flexibility index (Phi) is 5.72. The topological polar surface area (TPSA) is 111 Å². The summed E-state index contributed by atoms with van der Waals surface area (Å²) in [6, 6.07) is 14.3. The van der Waals surface area contributed by atoms with Crippen LogP contribution in [0, 0.1) is 10.1 Å². The molecule has 1 aromatic heterocycles. The number of urea groups is 1. The number of hydrogen-bond acceptors (Lipinski definition) is 5. The number of benzene rings is 2. The van der Waals surface area contributed by atoms with Crippen LogP contribution >= 0.6 is 0 Å². The Balaban J connectivity index is 1.87. The number of carbonyl (C=O) groups is 1. The van der Waals surface area contributed by atoms with Gasteiger partial charge in [-0.2, -0.15) is 5.10 Å². The molecule has 9 heteroatoms. The lowest BCUT2D eigenvalue weighted by Crippen LogP contribution is -2.21. The summed E-state index contributed by atoms with van der Waals surface area (Å²) in [6.45, 7) is 6.10. The second kappa shape index (κ2) is 8.24. The van der Waals surface area contributed by atoms with Crippen molar-refractivity contribution >= 4 is 23.2 Å². The van der Waals surface area contributed by atoms with Gasteiger partial charge >= 0.3 is 6.03 Å². The molecule has 0 saturated carbocycles. The van der Waals surface area contributed by atoms with Crippen molar-refractivity contribution in [1.82, 2.24) is 9.78 Å². The highest BCUT2D eigenvalue weighted by Crippen LogP contribution is 2.27. The average molecular weight is 409 g/mol. The normalized spacial score (nSPS) is 11.1. The van der Waals surface area contributed by atoms with Crippen LogP contribution in [-0.2, 0) is 5.41 Å². The molecule has 3 aromatic rings. The molecule has 30 heavy (non-hydrogen) atoms. The van der Waals surface area contributed by atoms with E-state index in [0.29, 0.717) is 17.3 Å². The molecule has 0 aliphatic heterocycles. The summed E-state index contributed by atoms with van der Waals surface area (Å²) in [4.78, 5) is 22.8. The molecule has 0 saturated heterocycles. The maximum Gasteiger partial charge on any atom is 0.324 e. The van der Waals surface area contributed by atoms with Crippen LogP contribution in [0.1, 0.15) is 26.5 Å². The van der Waals surface area contributed by atoms with Gasteiger partial charge in [0.25, 0.3) is 5.69 Å². The molecule has 3 rings (SSSR count). The van der Waals surface area contributed by atoms with Crippen molar-refractivity contribution in [3.05, 3.63) is 70.4 Å². The number of nitrogens with zero attached hydrogens (tertiary/aromatic N) is 3. The Bertz CT molecular complexity index is 1070. The molecule has 0 bridgehead atoms. The summed E-state index contributed by atoms with van der Waals surface area (Å²) in [7, 11) is 1.58. The van der Waals surface area contributed by atoms with Gasteiger partial charge in [0.1, 0.15) is 11.6 Å². The third-order valence-corrected chi connectivity index (χ3v) is 4.35. The van der Waals surface area contributed by atoms with Crippen molar-refractivity contribution in [2.24, 2.45) is 0 Å². The number of amides is 2. The Morgan fingerprint density at radius 1 is 1.10 bits per heavy atom. The maximum atomic E-state index is 12.5. The van der Waals surface area contributed by atoms with Crippen LogP contribution in [0.4, 0.5) is 22.0 Å². The highest BCUT2D eigenvalue weighted by atomic mass is 16.6. The highest BCUT2D eigenvalue weighted by Gasteiger charge is 2.22. The number of nitro benzene ring substituents is 1. The molecular weight excluding hydrogens is 386 g/mol. The average Bonchev–Trinajstić information content (AvgIpc) is 3.12. The van der Waals surface area contributed by atoms with Crippen LogP contribution in [-0.4, -0.2) is 27.8 Å². The Labute approximate surface area is 173 Å². The molecule has 2 N–H and O–H groups in total. The number of non-ortho nitro benzene ring substituents is 1. The predicted octanol–water partition coefficient (Wildman–Crippen LogP) is 4.73. The van der Waals surface area contributed by atoms with Gasteiger partial charge in [0.05, 0.1) is 23.4 Å². The number of rotatable bonds is 5. The van der Waals surface area contributed by atoms with E-state index in [9.17, 15) is 14.9 Å².